The second-order valence-electron chi connectivity index (χ2n) is 8.04. The fourth-order valence-corrected chi connectivity index (χ4v) is 4.37. The first-order valence-electron chi connectivity index (χ1n) is 10.5. The lowest BCUT2D eigenvalue weighted by atomic mass is 9.99. The summed E-state index contributed by atoms with van der Waals surface area (Å²) in [5.74, 6) is -0.694. The number of carbonyl (C=O) groups is 2. The number of H-pyrrole nitrogens is 1. The second kappa shape index (κ2) is 8.07. The van der Waals surface area contributed by atoms with Gasteiger partial charge >= 0.3 is 6.09 Å². The zero-order valence-corrected chi connectivity index (χ0v) is 17.5. The molecular formula is C23H22FN5O3. The number of rotatable bonds is 4. The summed E-state index contributed by atoms with van der Waals surface area (Å²) in [5.41, 5.74) is 6.30. The van der Waals surface area contributed by atoms with Gasteiger partial charge in [-0.15, -0.1) is 0 Å². The van der Waals surface area contributed by atoms with Crippen molar-refractivity contribution in [3.05, 3.63) is 53.6 Å². The van der Waals surface area contributed by atoms with Gasteiger partial charge in [0.25, 0.3) is 0 Å². The van der Waals surface area contributed by atoms with Crippen molar-refractivity contribution < 1.29 is 18.7 Å². The lowest BCUT2D eigenvalue weighted by molar-refractivity contribution is -0.119. The molecule has 1 atom stereocenters. The lowest BCUT2D eigenvalue weighted by Gasteiger charge is -2.16. The smallest absolute Gasteiger partial charge is 0.414 e. The first-order chi connectivity index (χ1) is 15.5. The Balaban J connectivity index is 1.44. The number of hydrogen-bond donors (Lipinski definition) is 2. The molecule has 2 aromatic heterocycles. The highest BCUT2D eigenvalue weighted by Gasteiger charge is 2.33. The van der Waals surface area contributed by atoms with Crippen LogP contribution in [0.2, 0.25) is 0 Å². The summed E-state index contributed by atoms with van der Waals surface area (Å²) in [6.07, 6.45) is 3.19. The molecule has 2 N–H and O–H groups in total. The van der Waals surface area contributed by atoms with E-state index < -0.39 is 12.0 Å². The normalized spacial score (nSPS) is 17.4. The van der Waals surface area contributed by atoms with E-state index in [-0.39, 0.29) is 12.0 Å². The minimum atomic E-state index is -0.535. The quantitative estimate of drug-likeness (QED) is 0.613. The van der Waals surface area contributed by atoms with E-state index in [4.69, 9.17) is 4.74 Å². The van der Waals surface area contributed by atoms with Crippen LogP contribution < -0.4 is 10.2 Å². The number of benzene rings is 1. The van der Waals surface area contributed by atoms with E-state index in [1.807, 2.05) is 18.2 Å². The number of ether oxygens (including phenoxy) is 1. The van der Waals surface area contributed by atoms with Crippen LogP contribution in [-0.2, 0) is 22.4 Å². The molecule has 164 valence electrons. The van der Waals surface area contributed by atoms with Crippen LogP contribution in [0.4, 0.5) is 14.9 Å². The molecule has 1 aliphatic carbocycles. The Labute approximate surface area is 183 Å². The standard InChI is InChI=1S/C23H22FN5O3/c1-13(30)26-11-17-12-29(23(31)32-17)16-5-6-18-14(9-16)3-2-4-19-21(27-28-22(18)19)15-7-8-25-20(24)10-15/h5-10,17H,2-4,11-12H2,1H3,(H,26,30)(H,27,28)/t17-/m0/s1. The Bertz CT molecular complexity index is 1210. The number of cyclic esters (lactones) is 1. The zero-order valence-electron chi connectivity index (χ0n) is 17.5. The van der Waals surface area contributed by atoms with Crippen LogP contribution >= 0.6 is 0 Å². The van der Waals surface area contributed by atoms with E-state index in [9.17, 15) is 14.0 Å². The number of fused-ring (bicyclic) bond motifs is 3. The molecule has 0 radical (unpaired) electrons. The third-order valence-corrected chi connectivity index (χ3v) is 5.86. The molecule has 1 saturated heterocycles. The molecule has 2 amide bonds. The van der Waals surface area contributed by atoms with Crippen molar-refractivity contribution in [2.75, 3.05) is 18.0 Å². The topological polar surface area (TPSA) is 100 Å². The first kappa shape index (κ1) is 20.2. The molecule has 5 rings (SSSR count). The molecule has 3 heterocycles. The van der Waals surface area contributed by atoms with E-state index in [1.54, 1.807) is 11.0 Å². The number of anilines is 1. The van der Waals surface area contributed by atoms with Crippen molar-refractivity contribution >= 4 is 17.7 Å². The van der Waals surface area contributed by atoms with Crippen LogP contribution in [-0.4, -0.2) is 46.4 Å². The summed E-state index contributed by atoms with van der Waals surface area (Å²) in [6.45, 7) is 2.10. The Kier molecular flexibility index (Phi) is 5.08. The molecular weight excluding hydrogens is 413 g/mol. The molecule has 9 heteroatoms. The van der Waals surface area contributed by atoms with Gasteiger partial charge in [0.05, 0.1) is 24.5 Å². The Morgan fingerprint density at radius 1 is 1.31 bits per heavy atom. The van der Waals surface area contributed by atoms with Gasteiger partial charge in [0.1, 0.15) is 6.10 Å². The zero-order chi connectivity index (χ0) is 22.2. The monoisotopic (exact) mass is 435 g/mol. The summed E-state index contributed by atoms with van der Waals surface area (Å²) in [4.78, 5) is 28.8. The minimum Gasteiger partial charge on any atom is -0.442 e. The SMILES string of the molecule is CC(=O)NC[C@H]1CN(c2ccc3c(c2)CCCc2c(-c4ccnc(F)c4)n[nH]c2-3)C(=O)O1. The second-order valence-corrected chi connectivity index (χ2v) is 8.04. The van der Waals surface area contributed by atoms with Gasteiger partial charge in [-0.25, -0.2) is 9.78 Å². The number of aromatic nitrogens is 3. The van der Waals surface area contributed by atoms with Crippen molar-refractivity contribution in [3.63, 3.8) is 0 Å². The van der Waals surface area contributed by atoms with Crippen molar-refractivity contribution in [1.29, 1.82) is 0 Å². The predicted molar refractivity (Wildman–Crippen MR) is 116 cm³/mol. The van der Waals surface area contributed by atoms with Gasteiger partial charge in [-0.1, -0.05) is 6.07 Å². The highest BCUT2D eigenvalue weighted by Crippen LogP contribution is 2.38. The summed E-state index contributed by atoms with van der Waals surface area (Å²) in [6, 6.07) is 9.03. The van der Waals surface area contributed by atoms with E-state index in [2.05, 4.69) is 20.5 Å². The molecule has 0 spiro atoms. The van der Waals surface area contributed by atoms with Gasteiger partial charge in [0.2, 0.25) is 11.9 Å². The van der Waals surface area contributed by atoms with Gasteiger partial charge in [-0.3, -0.25) is 14.8 Å². The number of nitrogens with one attached hydrogen (secondary N) is 2. The Morgan fingerprint density at radius 2 is 2.19 bits per heavy atom. The van der Waals surface area contributed by atoms with E-state index in [0.29, 0.717) is 18.7 Å². The molecule has 0 unspecified atom stereocenters. The molecule has 0 bridgehead atoms. The van der Waals surface area contributed by atoms with Gasteiger partial charge in [0, 0.05) is 41.6 Å². The maximum Gasteiger partial charge on any atom is 0.414 e. The number of hydrogen-bond acceptors (Lipinski definition) is 5. The number of nitrogens with zero attached hydrogens (tertiary/aromatic N) is 3. The molecule has 1 aromatic carbocycles. The average Bonchev–Trinajstić information content (AvgIpc) is 3.31. The van der Waals surface area contributed by atoms with E-state index in [1.165, 1.54) is 19.2 Å². The molecule has 3 aromatic rings. The summed E-state index contributed by atoms with van der Waals surface area (Å²) >= 11 is 0. The molecule has 1 aliphatic heterocycles. The lowest BCUT2D eigenvalue weighted by Crippen LogP contribution is -2.33. The minimum absolute atomic E-state index is 0.159. The fraction of sp³-hybridized carbons (Fsp3) is 0.304. The van der Waals surface area contributed by atoms with Crippen molar-refractivity contribution in [1.82, 2.24) is 20.5 Å². The van der Waals surface area contributed by atoms with Crippen LogP contribution in [0.1, 0.15) is 24.5 Å². The molecule has 1 fully saturated rings. The van der Waals surface area contributed by atoms with Crippen molar-refractivity contribution in [3.8, 4) is 22.5 Å². The number of amides is 2. The molecule has 32 heavy (non-hydrogen) atoms. The molecule has 2 aliphatic rings. The van der Waals surface area contributed by atoms with Gasteiger partial charge in [-0.2, -0.15) is 9.49 Å². The van der Waals surface area contributed by atoms with Gasteiger partial charge < -0.3 is 10.1 Å². The Hall–Kier alpha value is -3.75. The largest absolute Gasteiger partial charge is 0.442 e. The number of carbonyl (C=O) groups excluding carboxylic acids is 2. The predicted octanol–water partition coefficient (Wildman–Crippen LogP) is 3.23. The highest BCUT2D eigenvalue weighted by atomic mass is 19.1. The van der Waals surface area contributed by atoms with Crippen LogP contribution in [0, 0.1) is 5.95 Å². The third kappa shape index (κ3) is 3.70. The van der Waals surface area contributed by atoms with Crippen LogP contribution in [0.5, 0.6) is 0 Å². The van der Waals surface area contributed by atoms with Crippen molar-refractivity contribution in [2.24, 2.45) is 0 Å². The van der Waals surface area contributed by atoms with Crippen molar-refractivity contribution in [2.45, 2.75) is 32.3 Å². The molecule has 8 nitrogen and oxygen atoms in total. The Morgan fingerprint density at radius 3 is 3.00 bits per heavy atom. The number of halogens is 1. The maximum absolute atomic E-state index is 13.6. The first-order valence-corrected chi connectivity index (χ1v) is 10.5. The van der Waals surface area contributed by atoms with Gasteiger partial charge in [0.15, 0.2) is 0 Å². The fourth-order valence-electron chi connectivity index (χ4n) is 4.37. The number of aryl methyl sites for hydroxylation is 1. The van der Waals surface area contributed by atoms with Crippen LogP contribution in [0.25, 0.3) is 22.5 Å². The van der Waals surface area contributed by atoms with Crippen LogP contribution in [0.3, 0.4) is 0 Å². The molecule has 0 saturated carbocycles. The van der Waals surface area contributed by atoms with E-state index in [0.717, 1.165) is 53.0 Å². The van der Waals surface area contributed by atoms with Gasteiger partial charge in [-0.05, 0) is 43.0 Å². The highest BCUT2D eigenvalue weighted by molar-refractivity contribution is 5.91. The number of aromatic amines is 1. The van der Waals surface area contributed by atoms with Crippen LogP contribution in [0.15, 0.2) is 36.5 Å². The average molecular weight is 435 g/mol. The van der Waals surface area contributed by atoms with E-state index >= 15 is 0 Å². The maximum atomic E-state index is 13.6. The summed E-state index contributed by atoms with van der Waals surface area (Å²) < 4.78 is 19.0. The summed E-state index contributed by atoms with van der Waals surface area (Å²) in [7, 11) is 0. The third-order valence-electron chi connectivity index (χ3n) is 5.86. The number of pyridine rings is 1. The summed E-state index contributed by atoms with van der Waals surface area (Å²) in [5, 5.41) is 10.3.